The Morgan fingerprint density at radius 3 is 2.40 bits per heavy atom. The second-order valence-electron chi connectivity index (χ2n) is 4.45. The minimum absolute atomic E-state index is 0.229. The summed E-state index contributed by atoms with van der Waals surface area (Å²) in [5, 5.41) is 9.13. The van der Waals surface area contributed by atoms with Crippen LogP contribution in [0.5, 0.6) is 0 Å². The number of nitrogens with zero attached hydrogens (tertiary/aromatic N) is 2. The highest BCUT2D eigenvalue weighted by atomic mass is 16.1. The van der Waals surface area contributed by atoms with Gasteiger partial charge in [0.2, 0.25) is 0 Å². The zero-order valence-electron chi connectivity index (χ0n) is 11.2. The topological polar surface area (TPSA) is 53.2 Å². The Morgan fingerprint density at radius 1 is 1.15 bits per heavy atom. The number of aliphatic imine (C=N–C) groups is 1. The molecular weight excluding hydrogens is 248 g/mol. The van der Waals surface area contributed by atoms with E-state index in [2.05, 4.69) is 4.99 Å². The molecule has 3 nitrogen and oxygen atoms in total. The maximum Gasteiger partial charge on any atom is 0.185 e. The summed E-state index contributed by atoms with van der Waals surface area (Å²) in [7, 11) is 0. The van der Waals surface area contributed by atoms with Crippen molar-refractivity contribution < 1.29 is 4.79 Å². The highest BCUT2D eigenvalue weighted by molar-refractivity contribution is 6.08. The van der Waals surface area contributed by atoms with Gasteiger partial charge in [-0.15, -0.1) is 0 Å². The fraction of sp³-hybridized carbons (Fsp3) is 0.118. The zero-order chi connectivity index (χ0) is 14.4. The third-order valence-electron chi connectivity index (χ3n) is 2.89. The van der Waals surface area contributed by atoms with E-state index in [9.17, 15) is 4.79 Å². The molecule has 0 aliphatic rings. The molecule has 1 atom stereocenters. The number of hydrogen-bond acceptors (Lipinski definition) is 3. The molecule has 0 aliphatic heterocycles. The van der Waals surface area contributed by atoms with Gasteiger partial charge in [0.1, 0.15) is 5.92 Å². The number of aryl methyl sites for hydroxylation is 1. The van der Waals surface area contributed by atoms with Crippen molar-refractivity contribution in [3.63, 3.8) is 0 Å². The molecule has 20 heavy (non-hydrogen) atoms. The summed E-state index contributed by atoms with van der Waals surface area (Å²) in [6.07, 6.45) is 1.40. The Bertz CT molecular complexity index is 652. The second-order valence-corrected chi connectivity index (χ2v) is 4.45. The third kappa shape index (κ3) is 3.39. The average Bonchev–Trinajstić information content (AvgIpc) is 2.49. The molecule has 98 valence electrons. The molecule has 0 saturated heterocycles. The molecule has 0 spiro atoms. The molecule has 0 saturated carbocycles. The van der Waals surface area contributed by atoms with E-state index in [1.54, 1.807) is 12.1 Å². The molecule has 0 bridgehead atoms. The van der Waals surface area contributed by atoms with Crippen LogP contribution in [0, 0.1) is 24.2 Å². The van der Waals surface area contributed by atoms with Crippen LogP contribution in [-0.4, -0.2) is 12.0 Å². The summed E-state index contributed by atoms with van der Waals surface area (Å²) in [6, 6.07) is 18.4. The number of nitriles is 1. The van der Waals surface area contributed by atoms with E-state index in [0.29, 0.717) is 5.56 Å². The van der Waals surface area contributed by atoms with Crippen molar-refractivity contribution >= 4 is 17.7 Å². The lowest BCUT2D eigenvalue weighted by atomic mass is 9.99. The first kappa shape index (κ1) is 13.7. The smallest absolute Gasteiger partial charge is 0.185 e. The molecule has 0 aromatic heterocycles. The maximum absolute atomic E-state index is 12.2. The van der Waals surface area contributed by atoms with Gasteiger partial charge < -0.3 is 0 Å². The predicted octanol–water partition coefficient (Wildman–Crippen LogP) is 3.72. The van der Waals surface area contributed by atoms with Crippen LogP contribution in [0.2, 0.25) is 0 Å². The Morgan fingerprint density at radius 2 is 1.80 bits per heavy atom. The molecule has 0 fully saturated rings. The number of benzene rings is 2. The molecule has 2 rings (SSSR count). The molecule has 0 amide bonds. The van der Waals surface area contributed by atoms with Crippen molar-refractivity contribution in [2.75, 3.05) is 0 Å². The van der Waals surface area contributed by atoms with Gasteiger partial charge in [-0.1, -0.05) is 48.0 Å². The first-order valence-corrected chi connectivity index (χ1v) is 6.30. The van der Waals surface area contributed by atoms with Crippen LogP contribution in [-0.2, 0) is 0 Å². The second kappa shape index (κ2) is 6.44. The fourth-order valence-electron chi connectivity index (χ4n) is 1.73. The van der Waals surface area contributed by atoms with Crippen LogP contribution in [0.3, 0.4) is 0 Å². The van der Waals surface area contributed by atoms with Crippen molar-refractivity contribution in [3.8, 4) is 6.07 Å². The van der Waals surface area contributed by atoms with Gasteiger partial charge in [0.15, 0.2) is 5.78 Å². The number of ketones is 1. The van der Waals surface area contributed by atoms with Crippen molar-refractivity contribution in [3.05, 3.63) is 65.7 Å². The monoisotopic (exact) mass is 262 g/mol. The van der Waals surface area contributed by atoms with E-state index in [-0.39, 0.29) is 5.78 Å². The summed E-state index contributed by atoms with van der Waals surface area (Å²) in [6.45, 7) is 1.95. The van der Waals surface area contributed by atoms with E-state index in [0.717, 1.165) is 11.3 Å². The van der Waals surface area contributed by atoms with Gasteiger partial charge >= 0.3 is 0 Å². The van der Waals surface area contributed by atoms with Crippen molar-refractivity contribution in [2.24, 2.45) is 10.9 Å². The quantitative estimate of drug-likeness (QED) is 0.623. The van der Waals surface area contributed by atoms with Crippen molar-refractivity contribution in [2.45, 2.75) is 6.92 Å². The summed E-state index contributed by atoms with van der Waals surface area (Å²) in [5.74, 6) is -1.09. The van der Waals surface area contributed by atoms with Crippen LogP contribution in [0.1, 0.15) is 15.9 Å². The van der Waals surface area contributed by atoms with Crippen LogP contribution in [0.4, 0.5) is 5.69 Å². The molecule has 2 aromatic rings. The predicted molar refractivity (Wildman–Crippen MR) is 79.2 cm³/mol. The highest BCUT2D eigenvalue weighted by Gasteiger charge is 2.17. The molecule has 1 unspecified atom stereocenters. The molecular formula is C17H14N2O. The summed E-state index contributed by atoms with van der Waals surface area (Å²) in [5.41, 5.74) is 2.33. The number of Topliss-reactive ketones (excluding diaryl/α,β-unsaturated/α-hetero) is 1. The van der Waals surface area contributed by atoms with Gasteiger partial charge in [-0.2, -0.15) is 5.26 Å². The van der Waals surface area contributed by atoms with E-state index in [1.807, 2.05) is 55.5 Å². The summed E-state index contributed by atoms with van der Waals surface area (Å²) < 4.78 is 0. The van der Waals surface area contributed by atoms with Crippen LogP contribution in [0.15, 0.2) is 59.6 Å². The number of rotatable bonds is 4. The molecule has 0 N–H and O–H groups in total. The lowest BCUT2D eigenvalue weighted by molar-refractivity contribution is 0.0976. The maximum atomic E-state index is 12.2. The van der Waals surface area contributed by atoms with Crippen molar-refractivity contribution in [1.29, 1.82) is 5.26 Å². The highest BCUT2D eigenvalue weighted by Crippen LogP contribution is 2.12. The Kier molecular flexibility index (Phi) is 4.41. The number of para-hydroxylation sites is 1. The van der Waals surface area contributed by atoms with E-state index in [1.165, 1.54) is 6.21 Å². The molecule has 3 heteroatoms. The minimum Gasteiger partial charge on any atom is -0.292 e. The molecule has 2 aromatic carbocycles. The molecule has 0 radical (unpaired) electrons. The van der Waals surface area contributed by atoms with Gasteiger partial charge in [0.25, 0.3) is 0 Å². The zero-order valence-corrected chi connectivity index (χ0v) is 11.2. The van der Waals surface area contributed by atoms with Gasteiger partial charge in [-0.25, -0.2) is 0 Å². The minimum atomic E-state index is -0.863. The number of hydrogen-bond donors (Lipinski definition) is 0. The van der Waals surface area contributed by atoms with E-state index in [4.69, 9.17) is 5.26 Å². The van der Waals surface area contributed by atoms with Crippen LogP contribution >= 0.6 is 0 Å². The lowest BCUT2D eigenvalue weighted by Crippen LogP contribution is -2.14. The fourth-order valence-corrected chi connectivity index (χ4v) is 1.73. The average molecular weight is 262 g/mol. The Balaban J connectivity index is 2.16. The number of carbonyl (C=O) groups is 1. The van der Waals surface area contributed by atoms with Crippen LogP contribution < -0.4 is 0 Å². The van der Waals surface area contributed by atoms with E-state index < -0.39 is 5.92 Å². The van der Waals surface area contributed by atoms with Crippen molar-refractivity contribution in [1.82, 2.24) is 0 Å². The van der Waals surface area contributed by atoms with Gasteiger partial charge in [-0.05, 0) is 19.1 Å². The van der Waals surface area contributed by atoms with E-state index >= 15 is 0 Å². The summed E-state index contributed by atoms with van der Waals surface area (Å²) in [4.78, 5) is 16.4. The standard InChI is InChI=1S/C17H14N2O/c1-13-7-9-14(10-8-13)17(20)15(11-18)12-19-16-5-3-2-4-6-16/h2-10,12,15H,1H3. The van der Waals surface area contributed by atoms with Gasteiger partial charge in [0.05, 0.1) is 11.8 Å². The first-order chi connectivity index (χ1) is 9.70. The Hall–Kier alpha value is -2.73. The van der Waals surface area contributed by atoms with Gasteiger partial charge in [0, 0.05) is 11.8 Å². The third-order valence-corrected chi connectivity index (χ3v) is 2.89. The van der Waals surface area contributed by atoms with Gasteiger partial charge in [-0.3, -0.25) is 9.79 Å². The molecule has 0 heterocycles. The number of carbonyl (C=O) groups excluding carboxylic acids is 1. The largest absolute Gasteiger partial charge is 0.292 e. The Labute approximate surface area is 118 Å². The first-order valence-electron chi connectivity index (χ1n) is 6.30. The lowest BCUT2D eigenvalue weighted by Gasteiger charge is -2.03. The normalized spacial score (nSPS) is 12.0. The van der Waals surface area contributed by atoms with Crippen LogP contribution in [0.25, 0.3) is 0 Å². The summed E-state index contributed by atoms with van der Waals surface area (Å²) >= 11 is 0. The SMILES string of the molecule is Cc1ccc(C(=O)C(C#N)C=Nc2ccccc2)cc1. The molecule has 0 aliphatic carbocycles.